The Labute approximate surface area is 123 Å². The van der Waals surface area contributed by atoms with Crippen molar-refractivity contribution in [2.45, 2.75) is 25.8 Å². The van der Waals surface area contributed by atoms with Crippen LogP contribution >= 0.6 is 27.5 Å². The van der Waals surface area contributed by atoms with Gasteiger partial charge in [-0.2, -0.15) is 0 Å². The summed E-state index contributed by atoms with van der Waals surface area (Å²) in [6, 6.07) is 6.25. The maximum absolute atomic E-state index is 6.32. The van der Waals surface area contributed by atoms with E-state index in [-0.39, 0.29) is 6.04 Å². The van der Waals surface area contributed by atoms with Crippen molar-refractivity contribution in [3.05, 3.63) is 33.3 Å². The lowest BCUT2D eigenvalue weighted by Gasteiger charge is -2.28. The van der Waals surface area contributed by atoms with E-state index >= 15 is 0 Å². The number of hydrogen-bond donors (Lipinski definition) is 1. The zero-order valence-electron chi connectivity index (χ0n) is 10.7. The van der Waals surface area contributed by atoms with E-state index in [4.69, 9.17) is 17.3 Å². The van der Waals surface area contributed by atoms with E-state index in [1.165, 1.54) is 12.8 Å². The number of nitrogens with two attached hydrogens (primary N) is 1. The standard InChI is InChI=1S/C14H20BrClN2/c1-2-10-5-6-18(9-10)14(8-17)12-7-11(15)3-4-13(12)16/h3-4,7,10,14H,2,5-6,8-9,17H2,1H3. The quantitative estimate of drug-likeness (QED) is 0.908. The minimum absolute atomic E-state index is 0.242. The Hall–Kier alpha value is -0.0900. The van der Waals surface area contributed by atoms with Gasteiger partial charge in [-0.15, -0.1) is 0 Å². The zero-order valence-corrected chi connectivity index (χ0v) is 13.0. The molecular weight excluding hydrogens is 312 g/mol. The van der Waals surface area contributed by atoms with Crippen molar-refractivity contribution < 1.29 is 0 Å². The lowest BCUT2D eigenvalue weighted by molar-refractivity contribution is 0.241. The molecule has 1 aliphatic rings. The summed E-state index contributed by atoms with van der Waals surface area (Å²) in [5.41, 5.74) is 7.12. The maximum atomic E-state index is 6.32. The molecule has 1 heterocycles. The van der Waals surface area contributed by atoms with Crippen LogP contribution in [0.4, 0.5) is 0 Å². The topological polar surface area (TPSA) is 29.3 Å². The Kier molecular flexibility index (Phi) is 5.07. The van der Waals surface area contributed by atoms with Crippen LogP contribution in [-0.4, -0.2) is 24.5 Å². The summed E-state index contributed by atoms with van der Waals surface area (Å²) in [6.07, 6.45) is 2.53. The van der Waals surface area contributed by atoms with E-state index in [0.717, 1.165) is 34.1 Å². The van der Waals surface area contributed by atoms with E-state index in [0.29, 0.717) is 6.54 Å². The van der Waals surface area contributed by atoms with Crippen LogP contribution in [-0.2, 0) is 0 Å². The van der Waals surface area contributed by atoms with Crippen molar-refractivity contribution in [1.29, 1.82) is 0 Å². The summed E-state index contributed by atoms with van der Waals surface area (Å²) in [5.74, 6) is 0.810. The molecule has 2 N–H and O–H groups in total. The highest BCUT2D eigenvalue weighted by molar-refractivity contribution is 9.10. The van der Waals surface area contributed by atoms with E-state index in [1.807, 2.05) is 12.1 Å². The van der Waals surface area contributed by atoms with Crippen molar-refractivity contribution in [3.63, 3.8) is 0 Å². The summed E-state index contributed by atoms with van der Waals surface area (Å²) >= 11 is 9.83. The first-order chi connectivity index (χ1) is 8.65. The van der Waals surface area contributed by atoms with Crippen molar-refractivity contribution in [2.24, 2.45) is 11.7 Å². The van der Waals surface area contributed by atoms with Gasteiger partial charge in [-0.3, -0.25) is 4.90 Å². The van der Waals surface area contributed by atoms with Crippen LogP contribution in [0.15, 0.2) is 22.7 Å². The normalized spacial score (nSPS) is 22.3. The second-order valence-electron chi connectivity index (χ2n) is 4.98. The van der Waals surface area contributed by atoms with Crippen molar-refractivity contribution in [1.82, 2.24) is 4.90 Å². The fourth-order valence-corrected chi connectivity index (χ4v) is 3.34. The molecule has 2 unspecified atom stereocenters. The van der Waals surface area contributed by atoms with Gasteiger partial charge >= 0.3 is 0 Å². The number of halogens is 2. The highest BCUT2D eigenvalue weighted by atomic mass is 79.9. The van der Waals surface area contributed by atoms with Crippen LogP contribution < -0.4 is 5.73 Å². The van der Waals surface area contributed by atoms with Gasteiger partial charge in [-0.05, 0) is 42.6 Å². The summed E-state index contributed by atoms with van der Waals surface area (Å²) in [4.78, 5) is 2.47. The van der Waals surface area contributed by atoms with Crippen molar-refractivity contribution >= 4 is 27.5 Å². The molecule has 0 spiro atoms. The molecule has 2 nitrogen and oxygen atoms in total. The molecule has 0 aromatic heterocycles. The third kappa shape index (κ3) is 3.08. The second-order valence-corrected chi connectivity index (χ2v) is 6.30. The Morgan fingerprint density at radius 1 is 1.56 bits per heavy atom. The maximum Gasteiger partial charge on any atom is 0.0485 e. The molecule has 1 aliphatic heterocycles. The molecule has 1 aromatic carbocycles. The van der Waals surface area contributed by atoms with Gasteiger partial charge in [-0.1, -0.05) is 40.9 Å². The molecule has 1 fully saturated rings. The molecular formula is C14H20BrClN2. The number of nitrogens with zero attached hydrogens (tertiary/aromatic N) is 1. The van der Waals surface area contributed by atoms with Crippen molar-refractivity contribution in [2.75, 3.05) is 19.6 Å². The first-order valence-electron chi connectivity index (χ1n) is 6.54. The zero-order chi connectivity index (χ0) is 13.1. The molecule has 0 amide bonds. The Balaban J connectivity index is 2.20. The number of likely N-dealkylation sites (tertiary alicyclic amines) is 1. The van der Waals surface area contributed by atoms with Crippen LogP contribution in [0.5, 0.6) is 0 Å². The molecule has 4 heteroatoms. The summed E-state index contributed by atoms with van der Waals surface area (Å²) in [6.45, 7) is 5.15. The third-order valence-electron chi connectivity index (χ3n) is 3.88. The first kappa shape index (κ1) is 14.3. The van der Waals surface area contributed by atoms with Gasteiger partial charge in [0.15, 0.2) is 0 Å². The minimum atomic E-state index is 0.242. The Morgan fingerprint density at radius 2 is 2.33 bits per heavy atom. The van der Waals surface area contributed by atoms with Gasteiger partial charge in [0.05, 0.1) is 0 Å². The monoisotopic (exact) mass is 330 g/mol. The Bertz CT molecular complexity index is 411. The molecule has 0 bridgehead atoms. The van der Waals surface area contributed by atoms with Crippen molar-refractivity contribution in [3.8, 4) is 0 Å². The van der Waals surface area contributed by atoms with Gasteiger partial charge in [0.2, 0.25) is 0 Å². The number of benzene rings is 1. The van der Waals surface area contributed by atoms with Gasteiger partial charge in [0.25, 0.3) is 0 Å². The molecule has 2 atom stereocenters. The first-order valence-corrected chi connectivity index (χ1v) is 7.71. The van der Waals surface area contributed by atoms with Gasteiger partial charge < -0.3 is 5.73 Å². The lowest BCUT2D eigenvalue weighted by Crippen LogP contribution is -2.32. The van der Waals surface area contributed by atoms with Crippen LogP contribution in [0.2, 0.25) is 5.02 Å². The van der Waals surface area contributed by atoms with E-state index in [9.17, 15) is 0 Å². The summed E-state index contributed by atoms with van der Waals surface area (Å²) < 4.78 is 1.06. The molecule has 0 radical (unpaired) electrons. The molecule has 2 rings (SSSR count). The van der Waals surface area contributed by atoms with Crippen LogP contribution in [0.3, 0.4) is 0 Å². The highest BCUT2D eigenvalue weighted by Gasteiger charge is 2.28. The predicted octanol–water partition coefficient (Wildman–Crippen LogP) is 3.83. The summed E-state index contributed by atoms with van der Waals surface area (Å²) in [5, 5.41) is 0.814. The molecule has 100 valence electrons. The number of rotatable bonds is 4. The predicted molar refractivity (Wildman–Crippen MR) is 80.9 cm³/mol. The SMILES string of the molecule is CCC1CCN(C(CN)c2cc(Br)ccc2Cl)C1. The van der Waals surface area contributed by atoms with Gasteiger partial charge in [0, 0.05) is 28.6 Å². The second kappa shape index (κ2) is 6.38. The Morgan fingerprint density at radius 3 is 2.94 bits per heavy atom. The van der Waals surface area contributed by atoms with Crippen LogP contribution in [0.1, 0.15) is 31.4 Å². The van der Waals surface area contributed by atoms with Gasteiger partial charge in [0.1, 0.15) is 0 Å². The highest BCUT2D eigenvalue weighted by Crippen LogP contribution is 2.33. The van der Waals surface area contributed by atoms with E-state index < -0.39 is 0 Å². The summed E-state index contributed by atoms with van der Waals surface area (Å²) in [7, 11) is 0. The largest absolute Gasteiger partial charge is 0.329 e. The lowest BCUT2D eigenvalue weighted by atomic mass is 10.0. The molecule has 1 saturated heterocycles. The number of hydrogen-bond acceptors (Lipinski definition) is 2. The minimum Gasteiger partial charge on any atom is -0.329 e. The molecule has 0 saturated carbocycles. The van der Waals surface area contributed by atoms with E-state index in [2.05, 4.69) is 33.8 Å². The molecule has 0 aliphatic carbocycles. The van der Waals surface area contributed by atoms with Gasteiger partial charge in [-0.25, -0.2) is 0 Å². The fourth-order valence-electron chi connectivity index (χ4n) is 2.72. The molecule has 1 aromatic rings. The third-order valence-corrected chi connectivity index (χ3v) is 4.71. The smallest absolute Gasteiger partial charge is 0.0485 e. The average Bonchev–Trinajstić information content (AvgIpc) is 2.83. The molecule has 18 heavy (non-hydrogen) atoms. The average molecular weight is 332 g/mol. The van der Waals surface area contributed by atoms with Crippen LogP contribution in [0.25, 0.3) is 0 Å². The fraction of sp³-hybridized carbons (Fsp3) is 0.571. The van der Waals surface area contributed by atoms with Crippen LogP contribution in [0, 0.1) is 5.92 Å². The van der Waals surface area contributed by atoms with E-state index in [1.54, 1.807) is 0 Å².